The van der Waals surface area contributed by atoms with Crippen LogP contribution in [0.2, 0.25) is 0 Å². The normalized spacial score (nSPS) is 17.3. The summed E-state index contributed by atoms with van der Waals surface area (Å²) in [6, 6.07) is 13.0. The van der Waals surface area contributed by atoms with Gasteiger partial charge in [-0.2, -0.15) is 0 Å². The summed E-state index contributed by atoms with van der Waals surface area (Å²) in [7, 11) is 0. The maximum atomic E-state index is 13.3. The van der Waals surface area contributed by atoms with Crippen LogP contribution in [0.4, 0.5) is 4.39 Å². The van der Waals surface area contributed by atoms with Crippen molar-refractivity contribution in [3.05, 3.63) is 65.0 Å². The second kappa shape index (κ2) is 8.02. The number of carbonyl (C=O) groups is 1. The Kier molecular flexibility index (Phi) is 5.76. The summed E-state index contributed by atoms with van der Waals surface area (Å²) in [5.74, 6) is 1.04. The molecule has 5 heteroatoms. The summed E-state index contributed by atoms with van der Waals surface area (Å²) in [5.41, 5.74) is 8.86. The van der Waals surface area contributed by atoms with Crippen molar-refractivity contribution in [2.24, 2.45) is 5.73 Å². The predicted molar refractivity (Wildman–Crippen MR) is 100 cm³/mol. The number of thioether (sulfide) groups is 1. The Morgan fingerprint density at radius 2 is 2.16 bits per heavy atom. The minimum absolute atomic E-state index is 0.171. The number of nitrogens with two attached hydrogens (primary N) is 1. The number of carbonyl (C=O) groups excluding carboxylic acids is 1. The van der Waals surface area contributed by atoms with Gasteiger partial charge in [-0.3, -0.25) is 4.79 Å². The first-order valence-electron chi connectivity index (χ1n) is 8.55. The summed E-state index contributed by atoms with van der Waals surface area (Å²) in [5, 5.41) is 3.15. The number of benzene rings is 2. The van der Waals surface area contributed by atoms with Gasteiger partial charge in [-0.15, -0.1) is 11.8 Å². The molecule has 2 atom stereocenters. The van der Waals surface area contributed by atoms with Crippen LogP contribution in [0.15, 0.2) is 47.4 Å². The van der Waals surface area contributed by atoms with E-state index in [1.807, 2.05) is 17.8 Å². The average Bonchev–Trinajstić information content (AvgIpc) is 3.00. The van der Waals surface area contributed by atoms with Gasteiger partial charge in [0.1, 0.15) is 5.82 Å². The van der Waals surface area contributed by atoms with Crippen LogP contribution in [0.25, 0.3) is 0 Å². The van der Waals surface area contributed by atoms with Gasteiger partial charge in [-0.05, 0) is 60.6 Å². The van der Waals surface area contributed by atoms with Gasteiger partial charge in [0.2, 0.25) is 5.91 Å². The van der Waals surface area contributed by atoms with E-state index in [9.17, 15) is 9.18 Å². The molecule has 0 aromatic heterocycles. The maximum absolute atomic E-state index is 13.3. The van der Waals surface area contributed by atoms with Crippen molar-refractivity contribution >= 4 is 17.7 Å². The zero-order valence-corrected chi connectivity index (χ0v) is 15.1. The molecule has 132 valence electrons. The predicted octanol–water partition coefficient (Wildman–Crippen LogP) is 3.61. The van der Waals surface area contributed by atoms with E-state index in [4.69, 9.17) is 5.73 Å². The quantitative estimate of drug-likeness (QED) is 0.795. The van der Waals surface area contributed by atoms with Gasteiger partial charge in [0, 0.05) is 17.2 Å². The van der Waals surface area contributed by atoms with E-state index in [-0.39, 0.29) is 17.8 Å². The van der Waals surface area contributed by atoms with Crippen molar-refractivity contribution in [3.8, 4) is 0 Å². The summed E-state index contributed by atoms with van der Waals surface area (Å²) in [6.45, 7) is 2.39. The molecule has 0 saturated carbocycles. The molecule has 0 radical (unpaired) electrons. The highest BCUT2D eigenvalue weighted by atomic mass is 32.2. The van der Waals surface area contributed by atoms with Gasteiger partial charge in [0.25, 0.3) is 0 Å². The zero-order chi connectivity index (χ0) is 17.8. The van der Waals surface area contributed by atoms with Crippen molar-refractivity contribution in [2.45, 2.75) is 43.2 Å². The van der Waals surface area contributed by atoms with Gasteiger partial charge < -0.3 is 11.1 Å². The van der Waals surface area contributed by atoms with E-state index in [1.54, 1.807) is 19.1 Å². The molecule has 1 aliphatic heterocycles. The fourth-order valence-corrected chi connectivity index (χ4v) is 4.37. The number of primary amides is 1. The molecule has 1 aliphatic rings. The number of nitrogens with one attached hydrogen (secondary N) is 1. The van der Waals surface area contributed by atoms with E-state index in [0.717, 1.165) is 29.7 Å². The maximum Gasteiger partial charge on any atom is 0.234 e. The largest absolute Gasteiger partial charge is 0.368 e. The number of halogens is 1. The fourth-order valence-electron chi connectivity index (χ4n) is 3.08. The monoisotopic (exact) mass is 358 g/mol. The molecule has 25 heavy (non-hydrogen) atoms. The van der Waals surface area contributed by atoms with Crippen LogP contribution >= 0.6 is 11.8 Å². The summed E-state index contributed by atoms with van der Waals surface area (Å²) < 4.78 is 13.3. The molecular weight excluding hydrogens is 335 g/mol. The van der Waals surface area contributed by atoms with Crippen molar-refractivity contribution in [3.63, 3.8) is 0 Å². The van der Waals surface area contributed by atoms with Crippen LogP contribution in [0.3, 0.4) is 0 Å². The Balaban J connectivity index is 1.64. The first kappa shape index (κ1) is 18.0. The third kappa shape index (κ3) is 4.61. The van der Waals surface area contributed by atoms with Crippen LogP contribution in [0.1, 0.15) is 36.0 Å². The molecule has 1 amide bonds. The first-order valence-corrected chi connectivity index (χ1v) is 9.54. The topological polar surface area (TPSA) is 55.1 Å². The van der Waals surface area contributed by atoms with Crippen LogP contribution in [0, 0.1) is 5.82 Å². The zero-order valence-electron chi connectivity index (χ0n) is 14.3. The molecule has 0 spiro atoms. The molecule has 0 bridgehead atoms. The summed E-state index contributed by atoms with van der Waals surface area (Å²) >= 11 is 1.88. The number of rotatable bonds is 7. The number of hydrogen-bond donors (Lipinski definition) is 2. The van der Waals surface area contributed by atoms with E-state index in [0.29, 0.717) is 12.5 Å². The Bertz CT molecular complexity index is 765. The third-order valence-electron chi connectivity index (χ3n) is 4.66. The highest BCUT2D eigenvalue weighted by Crippen LogP contribution is 2.42. The second-order valence-electron chi connectivity index (χ2n) is 6.55. The molecule has 2 aromatic carbocycles. The van der Waals surface area contributed by atoms with Crippen LogP contribution < -0.4 is 11.1 Å². The lowest BCUT2D eigenvalue weighted by molar-refractivity contribution is -0.119. The first-order chi connectivity index (χ1) is 12.0. The summed E-state index contributed by atoms with van der Waals surface area (Å²) in [4.78, 5) is 12.5. The molecule has 3 rings (SSSR count). The SMILES string of the molecule is CC(NCc1ccc2c(c1)C(CCc1cccc(F)c1)CS2)C(N)=O. The lowest BCUT2D eigenvalue weighted by Gasteiger charge is -2.14. The lowest BCUT2D eigenvalue weighted by Crippen LogP contribution is -2.38. The van der Waals surface area contributed by atoms with E-state index in [1.165, 1.54) is 16.5 Å². The molecular formula is C20H23FN2OS. The van der Waals surface area contributed by atoms with Crippen molar-refractivity contribution in [1.82, 2.24) is 5.32 Å². The number of fused-ring (bicyclic) bond motifs is 1. The van der Waals surface area contributed by atoms with Gasteiger partial charge >= 0.3 is 0 Å². The highest BCUT2D eigenvalue weighted by Gasteiger charge is 2.23. The molecule has 2 aromatic rings. The second-order valence-corrected chi connectivity index (χ2v) is 7.62. The van der Waals surface area contributed by atoms with E-state index >= 15 is 0 Å². The molecule has 3 N–H and O–H groups in total. The van der Waals surface area contributed by atoms with Crippen LogP contribution in [-0.4, -0.2) is 17.7 Å². The van der Waals surface area contributed by atoms with Crippen molar-refractivity contribution < 1.29 is 9.18 Å². The third-order valence-corrected chi connectivity index (χ3v) is 5.92. The number of aryl methyl sites for hydroxylation is 1. The van der Waals surface area contributed by atoms with E-state index in [2.05, 4.69) is 23.5 Å². The lowest BCUT2D eigenvalue weighted by atomic mass is 9.93. The minimum Gasteiger partial charge on any atom is -0.368 e. The number of amides is 1. The fraction of sp³-hybridized carbons (Fsp3) is 0.350. The van der Waals surface area contributed by atoms with Crippen LogP contribution in [-0.2, 0) is 17.8 Å². The van der Waals surface area contributed by atoms with Crippen molar-refractivity contribution in [2.75, 3.05) is 5.75 Å². The summed E-state index contributed by atoms with van der Waals surface area (Å²) in [6.07, 6.45) is 1.89. The molecule has 0 saturated heterocycles. The van der Waals surface area contributed by atoms with Gasteiger partial charge in [0.15, 0.2) is 0 Å². The van der Waals surface area contributed by atoms with Gasteiger partial charge in [-0.1, -0.05) is 24.3 Å². The Hall–Kier alpha value is -1.85. The minimum atomic E-state index is -0.343. The molecule has 3 nitrogen and oxygen atoms in total. The molecule has 0 aliphatic carbocycles. The Morgan fingerprint density at radius 1 is 1.32 bits per heavy atom. The van der Waals surface area contributed by atoms with Crippen LogP contribution in [0.5, 0.6) is 0 Å². The smallest absolute Gasteiger partial charge is 0.234 e. The van der Waals surface area contributed by atoms with Gasteiger partial charge in [-0.25, -0.2) is 4.39 Å². The molecule has 1 heterocycles. The standard InChI is InChI=1S/C20H23FN2OS/c1-13(20(22)24)23-11-15-6-8-19-18(10-15)16(12-25-19)7-5-14-3-2-4-17(21)9-14/h2-4,6,8-10,13,16,23H,5,7,11-12H2,1H3,(H2,22,24). The molecule has 2 unspecified atom stereocenters. The van der Waals surface area contributed by atoms with Gasteiger partial charge in [0.05, 0.1) is 6.04 Å². The Labute approximate surface area is 152 Å². The number of hydrogen-bond acceptors (Lipinski definition) is 3. The Morgan fingerprint density at radius 3 is 2.92 bits per heavy atom. The molecule has 0 fully saturated rings. The van der Waals surface area contributed by atoms with E-state index < -0.39 is 0 Å². The highest BCUT2D eigenvalue weighted by molar-refractivity contribution is 7.99. The average molecular weight is 358 g/mol. The van der Waals surface area contributed by atoms with Crippen molar-refractivity contribution in [1.29, 1.82) is 0 Å².